The third-order valence-electron chi connectivity index (χ3n) is 4.08. The number of ether oxygens (including phenoxy) is 1. The molecule has 0 aromatic rings. The Bertz CT molecular complexity index is 432. The summed E-state index contributed by atoms with van der Waals surface area (Å²) >= 11 is 6.12. The fraction of sp³-hybridized carbons (Fsp3) is 0.765. The normalized spacial score (nSPS) is 22.9. The van der Waals surface area contributed by atoms with Gasteiger partial charge in [-0.3, -0.25) is 9.59 Å². The van der Waals surface area contributed by atoms with E-state index in [0.29, 0.717) is 11.5 Å². The second kappa shape index (κ2) is 7.44. The number of hydrogen-bond acceptors (Lipinski definition) is 3. The van der Waals surface area contributed by atoms with E-state index in [1.54, 1.807) is 0 Å². The molecular formula is C17H27ClO3. The van der Waals surface area contributed by atoms with E-state index in [1.807, 2.05) is 27.7 Å². The van der Waals surface area contributed by atoms with Crippen LogP contribution in [0.1, 0.15) is 60.3 Å². The number of ketones is 1. The summed E-state index contributed by atoms with van der Waals surface area (Å²) in [6, 6.07) is 0. The van der Waals surface area contributed by atoms with Crippen LogP contribution in [-0.4, -0.2) is 18.4 Å². The van der Waals surface area contributed by atoms with E-state index >= 15 is 0 Å². The molecule has 1 aliphatic carbocycles. The molecule has 0 saturated carbocycles. The first kappa shape index (κ1) is 18.2. The van der Waals surface area contributed by atoms with Crippen molar-refractivity contribution >= 4 is 23.4 Å². The molecule has 0 spiro atoms. The molecule has 0 unspecified atom stereocenters. The van der Waals surface area contributed by atoms with Crippen LogP contribution in [0.3, 0.4) is 0 Å². The van der Waals surface area contributed by atoms with Gasteiger partial charge in [-0.05, 0) is 52.0 Å². The van der Waals surface area contributed by atoms with Crippen LogP contribution in [0.15, 0.2) is 10.6 Å². The molecular weight excluding hydrogens is 288 g/mol. The zero-order valence-corrected chi connectivity index (χ0v) is 14.5. The lowest BCUT2D eigenvalue weighted by molar-refractivity contribution is -0.153. The number of allylic oxidation sites excluding steroid dienone is 2. The van der Waals surface area contributed by atoms with E-state index in [4.69, 9.17) is 16.3 Å². The Balaban J connectivity index is 2.60. The maximum Gasteiger partial charge on any atom is 0.311 e. The molecule has 0 aromatic carbocycles. The number of esters is 1. The molecule has 0 saturated heterocycles. The van der Waals surface area contributed by atoms with Crippen LogP contribution in [0.4, 0.5) is 0 Å². The van der Waals surface area contributed by atoms with E-state index in [-0.39, 0.29) is 30.2 Å². The average molecular weight is 315 g/mol. The van der Waals surface area contributed by atoms with Gasteiger partial charge < -0.3 is 4.74 Å². The predicted octanol–water partition coefficient (Wildman–Crippen LogP) is 4.48. The minimum atomic E-state index is -0.507. The minimum Gasteiger partial charge on any atom is -0.465 e. The van der Waals surface area contributed by atoms with E-state index in [9.17, 15) is 9.59 Å². The number of carbonyl (C=O) groups excluding carboxylic acids is 2. The highest BCUT2D eigenvalue weighted by Crippen LogP contribution is 2.40. The molecule has 0 heterocycles. The van der Waals surface area contributed by atoms with Crippen molar-refractivity contribution in [1.29, 1.82) is 0 Å². The number of hydrogen-bond donors (Lipinski definition) is 0. The minimum absolute atomic E-state index is 0.0158. The van der Waals surface area contributed by atoms with Crippen LogP contribution in [0.2, 0.25) is 0 Å². The highest BCUT2D eigenvalue weighted by atomic mass is 35.5. The van der Waals surface area contributed by atoms with Crippen LogP contribution in [0, 0.1) is 17.3 Å². The average Bonchev–Trinajstić information content (AvgIpc) is 2.60. The lowest BCUT2D eigenvalue weighted by Crippen LogP contribution is -2.26. The molecule has 0 fully saturated rings. The topological polar surface area (TPSA) is 43.4 Å². The third kappa shape index (κ3) is 4.57. The molecule has 1 aliphatic rings. The zero-order chi connectivity index (χ0) is 16.2. The molecule has 0 amide bonds. The number of halogens is 1. The summed E-state index contributed by atoms with van der Waals surface area (Å²) in [5.74, 6) is -0.133. The Labute approximate surface area is 133 Å². The van der Waals surface area contributed by atoms with Crippen LogP contribution < -0.4 is 0 Å². The smallest absolute Gasteiger partial charge is 0.311 e. The van der Waals surface area contributed by atoms with E-state index in [1.165, 1.54) is 0 Å². The summed E-state index contributed by atoms with van der Waals surface area (Å²) in [4.78, 5) is 24.0. The number of rotatable bonds is 6. The summed E-state index contributed by atoms with van der Waals surface area (Å²) in [5, 5.41) is 0.392. The first-order chi connectivity index (χ1) is 9.70. The van der Waals surface area contributed by atoms with Crippen LogP contribution in [0.5, 0.6) is 0 Å². The van der Waals surface area contributed by atoms with Crippen LogP contribution >= 0.6 is 11.6 Å². The Morgan fingerprint density at radius 2 is 1.86 bits per heavy atom. The highest BCUT2D eigenvalue weighted by molar-refractivity contribution is 6.44. The maximum atomic E-state index is 12.2. The molecule has 21 heavy (non-hydrogen) atoms. The molecule has 120 valence electrons. The van der Waals surface area contributed by atoms with E-state index in [2.05, 4.69) is 6.92 Å². The Morgan fingerprint density at radius 1 is 1.24 bits per heavy atom. The summed E-state index contributed by atoms with van der Waals surface area (Å²) in [7, 11) is 0. The molecule has 0 aromatic heterocycles. The van der Waals surface area contributed by atoms with E-state index < -0.39 is 5.41 Å². The maximum absolute atomic E-state index is 12.2. The van der Waals surface area contributed by atoms with Gasteiger partial charge in [0.15, 0.2) is 5.78 Å². The van der Waals surface area contributed by atoms with Crippen molar-refractivity contribution in [3.8, 4) is 0 Å². The van der Waals surface area contributed by atoms with Gasteiger partial charge in [-0.1, -0.05) is 31.4 Å². The van der Waals surface area contributed by atoms with Crippen LogP contribution in [0.25, 0.3) is 0 Å². The first-order valence-corrected chi connectivity index (χ1v) is 8.15. The van der Waals surface area contributed by atoms with Crippen molar-refractivity contribution < 1.29 is 14.3 Å². The molecule has 0 aliphatic heterocycles. The van der Waals surface area contributed by atoms with Crippen molar-refractivity contribution in [2.75, 3.05) is 6.61 Å². The van der Waals surface area contributed by atoms with Gasteiger partial charge in [0.2, 0.25) is 0 Å². The molecule has 1 rings (SSSR count). The SMILES string of the molecule is CCCC[C@H]1C(C)=C(Cl)C(=O)[C@@H]1CCOC(=O)C(C)(C)C. The first-order valence-electron chi connectivity index (χ1n) is 7.77. The fourth-order valence-electron chi connectivity index (χ4n) is 2.67. The predicted molar refractivity (Wildman–Crippen MR) is 85.1 cm³/mol. The quantitative estimate of drug-likeness (QED) is 0.679. The van der Waals surface area contributed by atoms with Crippen molar-refractivity contribution in [2.45, 2.75) is 60.3 Å². The fourth-order valence-corrected chi connectivity index (χ4v) is 2.95. The summed E-state index contributed by atoms with van der Waals surface area (Å²) in [6.07, 6.45) is 3.71. The van der Waals surface area contributed by atoms with Crippen molar-refractivity contribution in [1.82, 2.24) is 0 Å². The Morgan fingerprint density at radius 3 is 2.38 bits per heavy atom. The van der Waals surface area contributed by atoms with Crippen molar-refractivity contribution in [3.05, 3.63) is 10.6 Å². The molecule has 0 radical (unpaired) electrons. The van der Waals surface area contributed by atoms with Gasteiger partial charge in [-0.15, -0.1) is 0 Å². The molecule has 2 atom stereocenters. The van der Waals surface area contributed by atoms with Gasteiger partial charge in [0.05, 0.1) is 17.1 Å². The van der Waals surface area contributed by atoms with Crippen molar-refractivity contribution in [3.63, 3.8) is 0 Å². The Hall–Kier alpha value is -0.830. The highest BCUT2D eigenvalue weighted by Gasteiger charge is 2.38. The van der Waals surface area contributed by atoms with Gasteiger partial charge in [0, 0.05) is 5.92 Å². The van der Waals surface area contributed by atoms with Crippen LogP contribution in [-0.2, 0) is 14.3 Å². The lowest BCUT2D eigenvalue weighted by Gasteiger charge is -2.21. The second-order valence-electron chi connectivity index (χ2n) is 6.89. The largest absolute Gasteiger partial charge is 0.465 e. The van der Waals surface area contributed by atoms with Gasteiger partial charge in [0.1, 0.15) is 0 Å². The second-order valence-corrected chi connectivity index (χ2v) is 7.27. The zero-order valence-electron chi connectivity index (χ0n) is 13.8. The van der Waals surface area contributed by atoms with Gasteiger partial charge >= 0.3 is 5.97 Å². The standard InChI is InChI=1S/C17H27ClO3/c1-6-7-8-12-11(2)14(18)15(19)13(12)9-10-21-16(20)17(3,4)5/h12-13H,6-10H2,1-5H3/t12-,13+/m0/s1. The van der Waals surface area contributed by atoms with Crippen molar-refractivity contribution in [2.24, 2.45) is 17.3 Å². The van der Waals surface area contributed by atoms with E-state index in [0.717, 1.165) is 24.8 Å². The monoisotopic (exact) mass is 314 g/mol. The third-order valence-corrected chi connectivity index (χ3v) is 4.57. The number of Topliss-reactive ketones (excluding diaryl/α,β-unsaturated/α-hetero) is 1. The van der Waals surface area contributed by atoms with Gasteiger partial charge in [0.25, 0.3) is 0 Å². The Kier molecular flexibility index (Phi) is 6.45. The summed E-state index contributed by atoms with van der Waals surface area (Å²) < 4.78 is 5.29. The molecule has 0 N–H and O–H groups in total. The number of unbranched alkanes of at least 4 members (excludes halogenated alkanes) is 1. The summed E-state index contributed by atoms with van der Waals surface area (Å²) in [6.45, 7) is 9.83. The van der Waals surface area contributed by atoms with Gasteiger partial charge in [-0.25, -0.2) is 0 Å². The number of carbonyl (C=O) groups is 2. The molecule has 0 bridgehead atoms. The lowest BCUT2D eigenvalue weighted by atomic mass is 9.85. The van der Waals surface area contributed by atoms with Gasteiger partial charge in [-0.2, -0.15) is 0 Å². The molecule has 3 nitrogen and oxygen atoms in total. The summed E-state index contributed by atoms with van der Waals surface area (Å²) in [5.41, 5.74) is 0.495. The molecule has 4 heteroatoms.